The van der Waals surface area contributed by atoms with Gasteiger partial charge in [-0.05, 0) is 32.9 Å². The van der Waals surface area contributed by atoms with Crippen molar-refractivity contribution >= 4 is 23.3 Å². The number of nitrogens with one attached hydrogen (secondary N) is 2. The van der Waals surface area contributed by atoms with Gasteiger partial charge in [-0.15, -0.1) is 0 Å². The second-order valence-electron chi connectivity index (χ2n) is 5.45. The Hall–Kier alpha value is -2.64. The number of carboxylic acid groups (broad SMARTS) is 1. The first-order chi connectivity index (χ1) is 9.60. The summed E-state index contributed by atoms with van der Waals surface area (Å²) in [7, 11) is 0. The highest BCUT2D eigenvalue weighted by Crippen LogP contribution is 2.25. The zero-order valence-corrected chi connectivity index (χ0v) is 12.0. The van der Waals surface area contributed by atoms with Crippen LogP contribution in [0.4, 0.5) is 11.4 Å². The molecule has 0 spiro atoms. The van der Waals surface area contributed by atoms with Gasteiger partial charge in [0.15, 0.2) is 0 Å². The van der Waals surface area contributed by atoms with E-state index in [1.54, 1.807) is 20.8 Å². The average molecular weight is 295 g/mol. The van der Waals surface area contributed by atoms with Crippen molar-refractivity contribution in [1.82, 2.24) is 5.32 Å². The molecule has 114 valence electrons. The van der Waals surface area contributed by atoms with Crippen molar-refractivity contribution in [3.05, 3.63) is 33.9 Å². The third-order valence-corrected chi connectivity index (χ3v) is 2.39. The molecule has 0 aliphatic rings. The van der Waals surface area contributed by atoms with Gasteiger partial charge in [-0.1, -0.05) is 0 Å². The molecule has 0 aliphatic carbocycles. The van der Waals surface area contributed by atoms with Gasteiger partial charge in [0.2, 0.25) is 5.91 Å². The molecule has 8 nitrogen and oxygen atoms in total. The highest BCUT2D eigenvalue weighted by Gasteiger charge is 2.18. The first kappa shape index (κ1) is 16.4. The lowest BCUT2D eigenvalue weighted by Gasteiger charge is -2.20. The van der Waals surface area contributed by atoms with Crippen LogP contribution in [0.25, 0.3) is 0 Å². The predicted molar refractivity (Wildman–Crippen MR) is 76.4 cm³/mol. The molecule has 0 aromatic heterocycles. The zero-order valence-electron chi connectivity index (χ0n) is 12.0. The SMILES string of the molecule is CC(C)(C)NC(=O)CNc1cc(C(=O)O)ccc1[N+](=O)[O-]. The van der Waals surface area contributed by atoms with Gasteiger partial charge in [0.05, 0.1) is 17.0 Å². The third kappa shape index (κ3) is 5.09. The number of hydrogen-bond donors (Lipinski definition) is 3. The van der Waals surface area contributed by atoms with E-state index in [1.165, 1.54) is 0 Å². The van der Waals surface area contributed by atoms with Gasteiger partial charge < -0.3 is 15.7 Å². The molecular weight excluding hydrogens is 278 g/mol. The number of nitrogens with zero attached hydrogens (tertiary/aromatic N) is 1. The number of anilines is 1. The maximum atomic E-state index is 11.7. The Morgan fingerprint density at radius 2 is 1.95 bits per heavy atom. The second kappa shape index (κ2) is 6.21. The summed E-state index contributed by atoms with van der Waals surface area (Å²) >= 11 is 0. The molecule has 1 aromatic rings. The lowest BCUT2D eigenvalue weighted by Crippen LogP contribution is -2.43. The predicted octanol–water partition coefficient (Wildman–Crippen LogP) is 1.62. The molecule has 0 unspecified atom stereocenters. The van der Waals surface area contributed by atoms with E-state index in [0.29, 0.717) is 0 Å². The van der Waals surface area contributed by atoms with Crippen molar-refractivity contribution < 1.29 is 19.6 Å². The van der Waals surface area contributed by atoms with Gasteiger partial charge >= 0.3 is 5.97 Å². The lowest BCUT2D eigenvalue weighted by molar-refractivity contribution is -0.383. The second-order valence-corrected chi connectivity index (χ2v) is 5.45. The summed E-state index contributed by atoms with van der Waals surface area (Å²) in [6, 6.07) is 3.36. The number of aromatic carboxylic acids is 1. The number of carbonyl (C=O) groups excluding carboxylic acids is 1. The summed E-state index contributed by atoms with van der Waals surface area (Å²) in [4.78, 5) is 32.8. The first-order valence-electron chi connectivity index (χ1n) is 6.17. The molecule has 0 atom stereocenters. The van der Waals surface area contributed by atoms with E-state index in [1.807, 2.05) is 0 Å². The monoisotopic (exact) mass is 295 g/mol. The molecule has 0 aliphatic heterocycles. The van der Waals surface area contributed by atoms with E-state index in [9.17, 15) is 19.7 Å². The number of carbonyl (C=O) groups is 2. The van der Waals surface area contributed by atoms with Crippen LogP contribution in [-0.2, 0) is 4.79 Å². The van der Waals surface area contributed by atoms with Gasteiger partial charge in [0.1, 0.15) is 5.69 Å². The van der Waals surface area contributed by atoms with Gasteiger partial charge in [-0.2, -0.15) is 0 Å². The molecule has 0 saturated heterocycles. The van der Waals surface area contributed by atoms with Crippen LogP contribution in [0.1, 0.15) is 31.1 Å². The number of nitro groups is 1. The van der Waals surface area contributed by atoms with E-state index in [2.05, 4.69) is 10.6 Å². The molecule has 0 heterocycles. The molecule has 1 amide bonds. The molecular formula is C13H17N3O5. The molecule has 21 heavy (non-hydrogen) atoms. The minimum atomic E-state index is -1.20. The maximum Gasteiger partial charge on any atom is 0.335 e. The minimum Gasteiger partial charge on any atom is -0.478 e. The fraction of sp³-hybridized carbons (Fsp3) is 0.385. The standard InChI is InChI=1S/C13H17N3O5/c1-13(2,3)15-11(17)7-14-9-6-8(12(18)19)4-5-10(9)16(20)21/h4-6,14H,7H2,1-3H3,(H,15,17)(H,18,19). The van der Waals surface area contributed by atoms with Crippen LogP contribution in [0.3, 0.4) is 0 Å². The van der Waals surface area contributed by atoms with Crippen molar-refractivity contribution in [3.63, 3.8) is 0 Å². The molecule has 8 heteroatoms. The van der Waals surface area contributed by atoms with Crippen molar-refractivity contribution in [3.8, 4) is 0 Å². The Morgan fingerprint density at radius 3 is 2.43 bits per heavy atom. The molecule has 0 radical (unpaired) electrons. The van der Waals surface area contributed by atoms with Crippen LogP contribution in [0, 0.1) is 10.1 Å². The number of carboxylic acids is 1. The first-order valence-corrected chi connectivity index (χ1v) is 6.17. The normalized spacial score (nSPS) is 10.8. The van der Waals surface area contributed by atoms with E-state index < -0.39 is 16.4 Å². The summed E-state index contributed by atoms with van der Waals surface area (Å²) in [5.74, 6) is -1.55. The van der Waals surface area contributed by atoms with E-state index >= 15 is 0 Å². The van der Waals surface area contributed by atoms with Gasteiger partial charge in [0.25, 0.3) is 5.69 Å². The van der Waals surface area contributed by atoms with Gasteiger partial charge in [0, 0.05) is 11.6 Å². The quantitative estimate of drug-likeness (QED) is 0.560. The largest absolute Gasteiger partial charge is 0.478 e. The van der Waals surface area contributed by atoms with Crippen molar-refractivity contribution in [1.29, 1.82) is 0 Å². The van der Waals surface area contributed by atoms with Crippen LogP contribution in [0.15, 0.2) is 18.2 Å². The lowest BCUT2D eigenvalue weighted by atomic mass is 10.1. The highest BCUT2D eigenvalue weighted by atomic mass is 16.6. The van der Waals surface area contributed by atoms with E-state index in [-0.39, 0.29) is 29.4 Å². The van der Waals surface area contributed by atoms with Crippen LogP contribution in [0.2, 0.25) is 0 Å². The smallest absolute Gasteiger partial charge is 0.335 e. The summed E-state index contributed by atoms with van der Waals surface area (Å²) in [6.07, 6.45) is 0. The van der Waals surface area contributed by atoms with E-state index in [0.717, 1.165) is 18.2 Å². The van der Waals surface area contributed by atoms with Crippen LogP contribution < -0.4 is 10.6 Å². The van der Waals surface area contributed by atoms with Crippen LogP contribution >= 0.6 is 0 Å². The van der Waals surface area contributed by atoms with E-state index in [4.69, 9.17) is 5.11 Å². The van der Waals surface area contributed by atoms with Crippen LogP contribution in [-0.4, -0.2) is 34.0 Å². The van der Waals surface area contributed by atoms with Crippen molar-refractivity contribution in [2.24, 2.45) is 0 Å². The number of nitro benzene ring substituents is 1. The highest BCUT2D eigenvalue weighted by molar-refractivity contribution is 5.90. The average Bonchev–Trinajstić information content (AvgIpc) is 2.33. The zero-order chi connectivity index (χ0) is 16.2. The van der Waals surface area contributed by atoms with Crippen molar-refractivity contribution in [2.75, 3.05) is 11.9 Å². The fourth-order valence-electron chi connectivity index (χ4n) is 1.61. The summed E-state index contributed by atoms with van der Waals surface area (Å²) in [6.45, 7) is 5.22. The molecule has 0 fully saturated rings. The topological polar surface area (TPSA) is 122 Å². The Bertz CT molecular complexity index is 578. The Balaban J connectivity index is 2.90. The maximum absolute atomic E-state index is 11.7. The molecule has 0 bridgehead atoms. The number of amides is 1. The molecule has 0 saturated carbocycles. The Labute approximate surface area is 121 Å². The van der Waals surface area contributed by atoms with Gasteiger partial charge in [-0.3, -0.25) is 14.9 Å². The summed E-state index contributed by atoms with van der Waals surface area (Å²) in [5.41, 5.74) is -0.819. The molecule has 1 rings (SSSR count). The summed E-state index contributed by atoms with van der Waals surface area (Å²) < 4.78 is 0. The van der Waals surface area contributed by atoms with Gasteiger partial charge in [-0.25, -0.2) is 4.79 Å². The van der Waals surface area contributed by atoms with Crippen molar-refractivity contribution in [2.45, 2.75) is 26.3 Å². The molecule has 3 N–H and O–H groups in total. The molecule has 1 aromatic carbocycles. The third-order valence-electron chi connectivity index (χ3n) is 2.39. The van der Waals surface area contributed by atoms with Crippen LogP contribution in [0.5, 0.6) is 0 Å². The Morgan fingerprint density at radius 1 is 1.33 bits per heavy atom. The number of rotatable bonds is 5. The minimum absolute atomic E-state index is 0.0102. The fourth-order valence-corrected chi connectivity index (χ4v) is 1.61. The Kier molecular flexibility index (Phi) is 4.85. The summed E-state index contributed by atoms with van der Waals surface area (Å²) in [5, 5.41) is 25.1. The number of benzene rings is 1. The number of hydrogen-bond acceptors (Lipinski definition) is 5.